The predicted molar refractivity (Wildman–Crippen MR) is 269 cm³/mol. The summed E-state index contributed by atoms with van der Waals surface area (Å²) in [5, 5.41) is 4.06. The van der Waals surface area contributed by atoms with Crippen molar-refractivity contribution in [1.82, 2.24) is 0 Å². The fourth-order valence-corrected chi connectivity index (χ4v) is 17.7. The number of allylic oxidation sites excluding steroid dienone is 1. The molecule has 1 fully saturated rings. The number of rotatable bonds is 16. The van der Waals surface area contributed by atoms with Gasteiger partial charge in [0, 0.05) is 36.4 Å². The Morgan fingerprint density at radius 2 is 1.05 bits per heavy atom. The van der Waals surface area contributed by atoms with Gasteiger partial charge in [-0.15, -0.1) is 0 Å². The fourth-order valence-electron chi connectivity index (χ4n) is 7.95. The van der Waals surface area contributed by atoms with Crippen LogP contribution >= 0.6 is 7.14 Å². The summed E-state index contributed by atoms with van der Waals surface area (Å²) in [4.78, 5) is 0. The average Bonchev–Trinajstić information content (AvgIpc) is 3.20. The average molecular weight is 895 g/mol. The summed E-state index contributed by atoms with van der Waals surface area (Å²) in [5.74, 6) is 0. The van der Waals surface area contributed by atoms with Crippen LogP contribution < -0.4 is 21.0 Å². The topological polar surface area (TPSA) is 54.0 Å². The smallest absolute Gasteiger partial charge is 0.261 e. The molecule has 4 aromatic carbocycles. The Balaban J connectivity index is 1.51. The maximum atomic E-state index is 15.3. The van der Waals surface area contributed by atoms with E-state index in [9.17, 15) is 0 Å². The van der Waals surface area contributed by atoms with Crippen molar-refractivity contribution in [2.75, 3.05) is 19.4 Å². The summed E-state index contributed by atoms with van der Waals surface area (Å²) in [6.45, 7) is 35.7. The molecule has 1 saturated carbocycles. The second-order valence-electron chi connectivity index (χ2n) is 21.0. The Labute approximate surface area is 373 Å². The Kier molecular flexibility index (Phi) is 15.7. The van der Waals surface area contributed by atoms with Gasteiger partial charge in [-0.05, 0) is 69.2 Å². The zero-order chi connectivity index (χ0) is 44.9. The Hall–Kier alpha value is -2.92. The van der Waals surface area contributed by atoms with E-state index in [2.05, 4.69) is 155 Å². The highest BCUT2D eigenvalue weighted by Crippen LogP contribution is 2.48. The van der Waals surface area contributed by atoms with E-state index >= 15 is 4.57 Å². The molecule has 0 spiro atoms. The molecule has 0 N–H and O–H groups in total. The molecule has 3 atom stereocenters. The van der Waals surface area contributed by atoms with Crippen LogP contribution in [0.1, 0.15) is 75.2 Å². The van der Waals surface area contributed by atoms with Crippen LogP contribution in [0, 0.1) is 0 Å². The lowest BCUT2D eigenvalue weighted by Crippen LogP contribution is -2.66. The van der Waals surface area contributed by atoms with Gasteiger partial charge in [0.2, 0.25) is 0 Å². The van der Waals surface area contributed by atoms with Gasteiger partial charge in [-0.25, -0.2) is 0 Å². The lowest BCUT2D eigenvalue weighted by Gasteiger charge is -2.49. The molecule has 0 unspecified atom stereocenters. The summed E-state index contributed by atoms with van der Waals surface area (Å²) in [6, 6.07) is 41.5. The van der Waals surface area contributed by atoms with E-state index in [1.165, 1.54) is 10.4 Å². The zero-order valence-electron chi connectivity index (χ0n) is 39.6. The fraction of sp³-hybridized carbons (Fsp3) is 0.462. The van der Waals surface area contributed by atoms with Crippen molar-refractivity contribution in [3.05, 3.63) is 145 Å². The number of hydrogen-bond acceptors (Lipinski definition) is 5. The molecule has 0 aliphatic heterocycles. The Morgan fingerprint density at radius 1 is 0.623 bits per heavy atom. The number of benzene rings is 4. The summed E-state index contributed by atoms with van der Waals surface area (Å²) < 4.78 is 44.5. The van der Waals surface area contributed by atoms with Crippen molar-refractivity contribution >= 4 is 53.1 Å². The number of ether oxygens (including phenoxy) is 1. The zero-order valence-corrected chi connectivity index (χ0v) is 43.5. The maximum Gasteiger partial charge on any atom is 0.261 e. The normalized spacial score (nSPS) is 19.3. The first-order chi connectivity index (χ1) is 28.4. The van der Waals surface area contributed by atoms with Crippen LogP contribution in [0.15, 0.2) is 145 Å². The van der Waals surface area contributed by atoms with Crippen molar-refractivity contribution in [3.63, 3.8) is 0 Å². The molecule has 0 aromatic heterocycles. The third kappa shape index (κ3) is 11.1. The molecule has 1 aliphatic rings. The molecule has 0 bridgehead atoms. The molecule has 9 heteroatoms. The van der Waals surface area contributed by atoms with Gasteiger partial charge in [-0.1, -0.05) is 196 Å². The standard InChI is InChI=1S/C52H75O5PSi3/c1-41-42(36-39-58(53,43-28-19-15-20-29-43)44-30-21-16-22-31-44)40-47(56-59(11,12)50(2,3)4)49(48(41)57-60(13,14)51(5,6)7)54-37-27-38-55-61(52(8,9)10,45-32-23-17-24-33-45)46-34-25-18-26-35-46/h15-26,28-36,47-49H,1,27,37-40H2,2-14H3/b42-36-/t47-,48-,49+/m1/s1. The van der Waals surface area contributed by atoms with Gasteiger partial charge >= 0.3 is 0 Å². The van der Waals surface area contributed by atoms with Gasteiger partial charge in [-0.3, -0.25) is 0 Å². The lowest BCUT2D eigenvalue weighted by atomic mass is 9.84. The van der Waals surface area contributed by atoms with Gasteiger partial charge in [0.05, 0.1) is 12.2 Å². The molecule has 5 nitrogen and oxygen atoms in total. The Morgan fingerprint density at radius 3 is 1.48 bits per heavy atom. The first kappa shape index (κ1) is 49.1. The molecule has 61 heavy (non-hydrogen) atoms. The van der Waals surface area contributed by atoms with Crippen LogP contribution in [-0.2, 0) is 22.6 Å². The highest BCUT2D eigenvalue weighted by Gasteiger charge is 2.51. The molecule has 0 amide bonds. The van der Waals surface area contributed by atoms with Crippen molar-refractivity contribution in [1.29, 1.82) is 0 Å². The van der Waals surface area contributed by atoms with Gasteiger partial charge in [-0.2, -0.15) is 0 Å². The highest BCUT2D eigenvalue weighted by atomic mass is 31.2. The van der Waals surface area contributed by atoms with Gasteiger partial charge in [0.15, 0.2) is 16.6 Å². The summed E-state index contributed by atoms with van der Waals surface area (Å²) in [7, 11) is -10.4. The molecule has 0 radical (unpaired) electrons. The molecule has 1 aliphatic carbocycles. The summed E-state index contributed by atoms with van der Waals surface area (Å²) >= 11 is 0. The minimum absolute atomic E-state index is 0.0222. The van der Waals surface area contributed by atoms with E-state index in [0.29, 0.717) is 32.2 Å². The van der Waals surface area contributed by atoms with E-state index in [-0.39, 0.29) is 27.3 Å². The second kappa shape index (κ2) is 19.4. The Bertz CT molecular complexity index is 2020. The third-order valence-corrected chi connectivity index (χ3v) is 30.6. The second-order valence-corrected chi connectivity index (χ2v) is 37.7. The molecular weight excluding hydrogens is 820 g/mol. The van der Waals surface area contributed by atoms with Crippen LogP contribution in [0.5, 0.6) is 0 Å². The van der Waals surface area contributed by atoms with Crippen molar-refractivity contribution in [2.45, 2.75) is 135 Å². The van der Waals surface area contributed by atoms with E-state index in [1.54, 1.807) is 0 Å². The molecule has 330 valence electrons. The van der Waals surface area contributed by atoms with E-state index in [1.807, 2.05) is 60.7 Å². The minimum atomic E-state index is -3.03. The molecular formula is C52H75O5PSi3. The highest BCUT2D eigenvalue weighted by molar-refractivity contribution is 7.78. The summed E-state index contributed by atoms with van der Waals surface area (Å²) in [5.41, 5.74) is 1.95. The lowest BCUT2D eigenvalue weighted by molar-refractivity contribution is -0.0879. The van der Waals surface area contributed by atoms with Crippen molar-refractivity contribution < 1.29 is 22.6 Å². The van der Waals surface area contributed by atoms with Crippen LogP contribution in [0.4, 0.5) is 0 Å². The SMILES string of the molecule is C=C1/C(=C\CP(=O)(c2ccccc2)c2ccccc2)C[C@@H](O[Si](C)(C)C(C)(C)C)[C@H](OCCCO[Si](c2ccccc2)(c2ccccc2)C(C)(C)C)[C@@H]1O[Si](C)(C)C(C)(C)C. The molecule has 0 saturated heterocycles. The third-order valence-electron chi connectivity index (χ3n) is 13.6. The quantitative estimate of drug-likeness (QED) is 0.0637. The van der Waals surface area contributed by atoms with E-state index in [4.69, 9.17) is 24.6 Å². The maximum absolute atomic E-state index is 15.3. The van der Waals surface area contributed by atoms with E-state index < -0.39 is 38.2 Å². The van der Waals surface area contributed by atoms with Gasteiger partial charge < -0.3 is 22.6 Å². The first-order valence-electron chi connectivity index (χ1n) is 22.3. The predicted octanol–water partition coefficient (Wildman–Crippen LogP) is 12.0. The molecule has 0 heterocycles. The molecule has 5 rings (SSSR count). The van der Waals surface area contributed by atoms with Gasteiger partial charge in [0.25, 0.3) is 8.32 Å². The van der Waals surface area contributed by atoms with Gasteiger partial charge in [0.1, 0.15) is 13.2 Å². The van der Waals surface area contributed by atoms with Crippen LogP contribution in [0.3, 0.4) is 0 Å². The first-order valence-corrected chi connectivity index (χ1v) is 31.9. The van der Waals surface area contributed by atoms with Crippen LogP contribution in [0.25, 0.3) is 0 Å². The summed E-state index contributed by atoms with van der Waals surface area (Å²) in [6.07, 6.45) is 2.79. The van der Waals surface area contributed by atoms with Crippen molar-refractivity contribution in [2.24, 2.45) is 0 Å². The van der Waals surface area contributed by atoms with E-state index in [0.717, 1.165) is 21.8 Å². The number of hydrogen-bond donors (Lipinski definition) is 0. The minimum Gasteiger partial charge on any atom is -0.411 e. The van der Waals surface area contributed by atoms with Crippen molar-refractivity contribution in [3.8, 4) is 0 Å². The van der Waals surface area contributed by atoms with Crippen LogP contribution in [0.2, 0.25) is 41.3 Å². The largest absolute Gasteiger partial charge is 0.411 e. The van der Waals surface area contributed by atoms with Crippen LogP contribution in [-0.4, -0.2) is 62.6 Å². The monoisotopic (exact) mass is 894 g/mol. The molecule has 4 aromatic rings.